The highest BCUT2D eigenvalue weighted by atomic mass is 32.2. The average molecular weight is 469 g/mol. The van der Waals surface area contributed by atoms with Crippen LogP contribution in [0.3, 0.4) is 0 Å². The lowest BCUT2D eigenvalue weighted by molar-refractivity contribution is -0.385. The van der Waals surface area contributed by atoms with E-state index in [4.69, 9.17) is 8.92 Å². The Morgan fingerprint density at radius 3 is 2.58 bits per heavy atom. The predicted octanol–water partition coefficient (Wildman–Crippen LogP) is 3.44. The molecule has 0 aliphatic rings. The van der Waals surface area contributed by atoms with Crippen molar-refractivity contribution in [2.45, 2.75) is 11.8 Å². The highest BCUT2D eigenvalue weighted by molar-refractivity contribution is 7.87. The zero-order valence-corrected chi connectivity index (χ0v) is 18.4. The summed E-state index contributed by atoms with van der Waals surface area (Å²) in [4.78, 5) is 22.2. The van der Waals surface area contributed by atoms with E-state index >= 15 is 0 Å². The monoisotopic (exact) mass is 469 g/mol. The zero-order valence-electron chi connectivity index (χ0n) is 17.6. The zero-order chi connectivity index (χ0) is 24.0. The number of hydrogen-bond acceptors (Lipinski definition) is 8. The van der Waals surface area contributed by atoms with Gasteiger partial charge in [0.05, 0.1) is 23.8 Å². The lowest BCUT2D eigenvalue weighted by Crippen LogP contribution is -2.18. The molecule has 0 aliphatic heterocycles. The summed E-state index contributed by atoms with van der Waals surface area (Å²) >= 11 is 0. The van der Waals surface area contributed by atoms with Crippen LogP contribution in [0.5, 0.6) is 11.5 Å². The summed E-state index contributed by atoms with van der Waals surface area (Å²) in [5.41, 5.74) is 3.69. The molecule has 3 aromatic carbocycles. The van der Waals surface area contributed by atoms with Crippen molar-refractivity contribution in [3.05, 3.63) is 93.5 Å². The van der Waals surface area contributed by atoms with Crippen LogP contribution in [0.4, 0.5) is 5.69 Å². The van der Waals surface area contributed by atoms with Crippen molar-refractivity contribution in [1.29, 1.82) is 0 Å². The fourth-order valence-electron chi connectivity index (χ4n) is 2.79. The Kier molecular flexibility index (Phi) is 7.04. The lowest BCUT2D eigenvalue weighted by Gasteiger charge is -2.08. The summed E-state index contributed by atoms with van der Waals surface area (Å²) in [7, 11) is -2.84. The van der Waals surface area contributed by atoms with Crippen LogP contribution in [0.15, 0.2) is 76.7 Å². The summed E-state index contributed by atoms with van der Waals surface area (Å²) in [6, 6.07) is 15.6. The fraction of sp³-hybridized carbons (Fsp3) is 0.0909. The number of nitrogens with one attached hydrogen (secondary N) is 1. The maximum absolute atomic E-state index is 12.5. The number of rotatable bonds is 8. The van der Waals surface area contributed by atoms with Gasteiger partial charge >= 0.3 is 10.1 Å². The van der Waals surface area contributed by atoms with Crippen LogP contribution in [-0.4, -0.2) is 32.6 Å². The molecule has 0 saturated heterocycles. The fourth-order valence-corrected chi connectivity index (χ4v) is 3.75. The molecule has 0 spiro atoms. The Morgan fingerprint density at radius 2 is 1.85 bits per heavy atom. The number of nitrogens with zero attached hydrogens (tertiary/aromatic N) is 2. The Balaban J connectivity index is 1.72. The molecule has 0 fully saturated rings. The third kappa shape index (κ3) is 5.92. The molecule has 0 radical (unpaired) electrons. The quantitative estimate of drug-likeness (QED) is 0.231. The number of carbonyl (C=O) groups is 1. The Bertz CT molecular complexity index is 1340. The number of carbonyl (C=O) groups excluding carboxylic acids is 1. The number of benzene rings is 3. The minimum absolute atomic E-state index is 0.0306. The molecule has 11 heteroatoms. The number of ether oxygens (including phenoxy) is 1. The van der Waals surface area contributed by atoms with E-state index in [1.54, 1.807) is 24.3 Å². The van der Waals surface area contributed by atoms with E-state index in [0.29, 0.717) is 16.9 Å². The number of aryl methyl sites for hydroxylation is 1. The number of hydrazone groups is 1. The molecule has 10 nitrogen and oxygen atoms in total. The van der Waals surface area contributed by atoms with Gasteiger partial charge < -0.3 is 8.92 Å². The van der Waals surface area contributed by atoms with Gasteiger partial charge in [0.1, 0.15) is 16.4 Å². The molecule has 33 heavy (non-hydrogen) atoms. The number of methoxy groups -OCH3 is 1. The van der Waals surface area contributed by atoms with Crippen molar-refractivity contribution >= 4 is 27.9 Å². The normalized spacial score (nSPS) is 11.2. The molecular weight excluding hydrogens is 450 g/mol. The Labute approximate surface area is 189 Å². The molecule has 3 aromatic rings. The molecule has 0 aliphatic carbocycles. The lowest BCUT2D eigenvalue weighted by atomic mass is 10.1. The van der Waals surface area contributed by atoms with Crippen molar-refractivity contribution in [2.24, 2.45) is 5.10 Å². The number of amides is 1. The molecule has 0 heterocycles. The van der Waals surface area contributed by atoms with Crippen molar-refractivity contribution in [3.63, 3.8) is 0 Å². The van der Waals surface area contributed by atoms with Crippen LogP contribution in [0, 0.1) is 17.0 Å². The van der Waals surface area contributed by atoms with Gasteiger partial charge in [0.2, 0.25) is 0 Å². The summed E-state index contributed by atoms with van der Waals surface area (Å²) in [5.74, 6) is -0.106. The van der Waals surface area contributed by atoms with E-state index in [1.807, 2.05) is 6.92 Å². The van der Waals surface area contributed by atoms with Crippen molar-refractivity contribution < 1.29 is 27.1 Å². The van der Waals surface area contributed by atoms with Gasteiger partial charge in [-0.05, 0) is 48.4 Å². The van der Waals surface area contributed by atoms with Gasteiger partial charge in [-0.1, -0.05) is 24.3 Å². The van der Waals surface area contributed by atoms with E-state index in [1.165, 1.54) is 49.7 Å². The molecular formula is C22H19N3O7S. The minimum atomic E-state index is -4.30. The molecule has 0 aromatic heterocycles. The van der Waals surface area contributed by atoms with Crippen molar-refractivity contribution in [1.82, 2.24) is 5.43 Å². The molecule has 1 N–H and O–H groups in total. The van der Waals surface area contributed by atoms with Gasteiger partial charge in [0.15, 0.2) is 0 Å². The SMILES string of the molecule is COc1cc(C)ccc1C(=O)N/N=C\c1cccc(OS(=O)(=O)c2cccc([N+](=O)[O-])c2)c1. The Morgan fingerprint density at radius 1 is 1.09 bits per heavy atom. The van der Waals surface area contributed by atoms with Crippen molar-refractivity contribution in [2.75, 3.05) is 7.11 Å². The van der Waals surface area contributed by atoms with Crippen LogP contribution in [-0.2, 0) is 10.1 Å². The molecule has 0 unspecified atom stereocenters. The third-order valence-corrected chi connectivity index (χ3v) is 5.61. The van der Waals surface area contributed by atoms with Gasteiger partial charge in [0, 0.05) is 12.1 Å². The summed E-state index contributed by atoms with van der Waals surface area (Å²) < 4.78 is 35.3. The first-order valence-electron chi connectivity index (χ1n) is 9.46. The second-order valence-corrected chi connectivity index (χ2v) is 8.31. The van der Waals surface area contributed by atoms with E-state index in [9.17, 15) is 23.3 Å². The minimum Gasteiger partial charge on any atom is -0.496 e. The van der Waals surface area contributed by atoms with Gasteiger partial charge in [-0.3, -0.25) is 14.9 Å². The Hall–Kier alpha value is -4.25. The van der Waals surface area contributed by atoms with Gasteiger partial charge in [-0.25, -0.2) is 5.43 Å². The number of nitro groups is 1. The van der Waals surface area contributed by atoms with Gasteiger partial charge in [-0.15, -0.1) is 0 Å². The van der Waals surface area contributed by atoms with Gasteiger partial charge in [0.25, 0.3) is 11.6 Å². The van der Waals surface area contributed by atoms with E-state index in [2.05, 4.69) is 10.5 Å². The topological polar surface area (TPSA) is 137 Å². The van der Waals surface area contributed by atoms with Gasteiger partial charge in [-0.2, -0.15) is 13.5 Å². The molecule has 0 atom stereocenters. The number of hydrogen-bond donors (Lipinski definition) is 1. The maximum Gasteiger partial charge on any atom is 0.339 e. The summed E-state index contributed by atoms with van der Waals surface area (Å²) in [5, 5.41) is 14.8. The van der Waals surface area contributed by atoms with E-state index in [-0.39, 0.29) is 16.3 Å². The molecule has 0 saturated carbocycles. The summed E-state index contributed by atoms with van der Waals surface area (Å²) in [6.45, 7) is 1.87. The highest BCUT2D eigenvalue weighted by Crippen LogP contribution is 2.23. The maximum atomic E-state index is 12.5. The van der Waals surface area contributed by atoms with Crippen LogP contribution in [0.1, 0.15) is 21.5 Å². The number of non-ortho nitro benzene ring substituents is 1. The highest BCUT2D eigenvalue weighted by Gasteiger charge is 2.20. The van der Waals surface area contributed by atoms with E-state index < -0.39 is 20.9 Å². The standard InChI is InChI=1S/C22H19N3O7S/c1-15-9-10-20(21(11-15)31-2)22(26)24-23-14-16-5-3-7-18(12-16)32-33(29,30)19-8-4-6-17(13-19)25(27)28/h3-14H,1-2H3,(H,24,26)/b23-14-. The van der Waals surface area contributed by atoms with Crippen molar-refractivity contribution in [3.8, 4) is 11.5 Å². The van der Waals surface area contributed by atoms with E-state index in [0.717, 1.165) is 11.6 Å². The molecule has 170 valence electrons. The predicted molar refractivity (Wildman–Crippen MR) is 120 cm³/mol. The first-order chi connectivity index (χ1) is 15.7. The van der Waals surface area contributed by atoms with Crippen LogP contribution >= 0.6 is 0 Å². The average Bonchev–Trinajstić information content (AvgIpc) is 2.79. The molecule has 0 bridgehead atoms. The summed E-state index contributed by atoms with van der Waals surface area (Å²) in [6.07, 6.45) is 1.31. The largest absolute Gasteiger partial charge is 0.496 e. The van der Waals surface area contributed by atoms with Crippen LogP contribution in [0.25, 0.3) is 0 Å². The molecule has 3 rings (SSSR count). The van der Waals surface area contributed by atoms with Crippen LogP contribution in [0.2, 0.25) is 0 Å². The second-order valence-electron chi connectivity index (χ2n) is 6.77. The second kappa shape index (κ2) is 9.92. The molecule has 1 amide bonds. The smallest absolute Gasteiger partial charge is 0.339 e. The number of nitro benzene ring substituents is 1. The first-order valence-corrected chi connectivity index (χ1v) is 10.9. The third-order valence-electron chi connectivity index (χ3n) is 4.36. The van der Waals surface area contributed by atoms with Crippen LogP contribution < -0.4 is 14.3 Å². The first kappa shape index (κ1) is 23.4.